The highest BCUT2D eigenvalue weighted by Gasteiger charge is 2.11. The van der Waals surface area contributed by atoms with Crippen LogP contribution in [0.2, 0.25) is 0 Å². The Labute approximate surface area is 128 Å². The molecule has 116 valence electrons. The van der Waals surface area contributed by atoms with Crippen molar-refractivity contribution in [1.82, 2.24) is 15.3 Å². The lowest BCUT2D eigenvalue weighted by molar-refractivity contribution is 0.0905. The van der Waals surface area contributed by atoms with E-state index in [0.717, 1.165) is 5.56 Å². The number of carbonyl (C=O) groups is 1. The molecule has 7 nitrogen and oxygen atoms in total. The van der Waals surface area contributed by atoms with Crippen LogP contribution in [0.4, 0.5) is 11.8 Å². The molecule has 1 amide bonds. The molecule has 0 aliphatic heterocycles. The lowest BCUT2D eigenvalue weighted by atomic mass is 10.1. The third-order valence-corrected chi connectivity index (χ3v) is 2.98. The summed E-state index contributed by atoms with van der Waals surface area (Å²) in [5.41, 5.74) is 13.1. The molecule has 1 atom stereocenters. The number of nitrogen functional groups attached to an aromatic ring is 2. The topological polar surface area (TPSA) is 116 Å². The van der Waals surface area contributed by atoms with Gasteiger partial charge < -0.3 is 21.5 Å². The second-order valence-electron chi connectivity index (χ2n) is 4.95. The van der Waals surface area contributed by atoms with Crippen LogP contribution in [0.3, 0.4) is 0 Å². The smallest absolute Gasteiger partial charge is 0.251 e. The maximum atomic E-state index is 12.2. The number of rotatable bonds is 5. The summed E-state index contributed by atoms with van der Waals surface area (Å²) in [6, 6.07) is 8.60. The fraction of sp³-hybridized carbons (Fsp3) is 0.267. The summed E-state index contributed by atoms with van der Waals surface area (Å²) in [5, 5.41) is 2.85. The number of nitrogens with one attached hydrogen (secondary N) is 1. The number of anilines is 2. The molecule has 0 saturated carbocycles. The highest BCUT2D eigenvalue weighted by Crippen LogP contribution is 2.20. The molecule has 0 radical (unpaired) electrons. The lowest BCUT2D eigenvalue weighted by Crippen LogP contribution is -2.35. The fourth-order valence-corrected chi connectivity index (χ4v) is 2.05. The number of carbonyl (C=O) groups excluding carboxylic acids is 1. The Morgan fingerprint density at radius 2 is 2.09 bits per heavy atom. The molecule has 1 heterocycles. The highest BCUT2D eigenvalue weighted by molar-refractivity contribution is 5.95. The van der Waals surface area contributed by atoms with Crippen molar-refractivity contribution < 1.29 is 9.53 Å². The van der Waals surface area contributed by atoms with E-state index in [1.54, 1.807) is 31.4 Å². The number of ether oxygens (including phenoxy) is 1. The van der Waals surface area contributed by atoms with Crippen LogP contribution in [0.15, 0.2) is 30.3 Å². The number of methoxy groups -OCH3 is 1. The Hall–Kier alpha value is -2.67. The molecule has 2 rings (SSSR count). The van der Waals surface area contributed by atoms with E-state index in [-0.39, 0.29) is 23.7 Å². The molecular weight excluding hydrogens is 282 g/mol. The Morgan fingerprint density at radius 1 is 1.32 bits per heavy atom. The summed E-state index contributed by atoms with van der Waals surface area (Å²) < 4.78 is 5.00. The molecule has 0 bridgehead atoms. The summed E-state index contributed by atoms with van der Waals surface area (Å²) in [5.74, 6) is 0.200. The van der Waals surface area contributed by atoms with Gasteiger partial charge in [0.25, 0.3) is 5.91 Å². The standard InChI is InChI=1S/C15H19N5O2/c1-9(8-22-2)18-14(21)11-5-3-4-10(6-11)12-7-13(16)20-15(17)19-12/h3-7,9H,8H2,1-2H3,(H,18,21)(H4,16,17,19,20)/t9-/m0/s1. The zero-order valence-corrected chi connectivity index (χ0v) is 12.5. The average Bonchev–Trinajstić information content (AvgIpc) is 2.46. The minimum Gasteiger partial charge on any atom is -0.384 e. The van der Waals surface area contributed by atoms with E-state index < -0.39 is 0 Å². The van der Waals surface area contributed by atoms with Crippen molar-refractivity contribution in [2.24, 2.45) is 0 Å². The first-order chi connectivity index (χ1) is 10.5. The molecule has 0 spiro atoms. The molecule has 0 saturated heterocycles. The number of amides is 1. The summed E-state index contributed by atoms with van der Waals surface area (Å²) in [6.45, 7) is 2.32. The van der Waals surface area contributed by atoms with E-state index in [1.807, 2.05) is 13.0 Å². The normalized spacial score (nSPS) is 11.9. The molecular formula is C15H19N5O2. The molecule has 0 aliphatic rings. The second-order valence-corrected chi connectivity index (χ2v) is 4.95. The van der Waals surface area contributed by atoms with Gasteiger partial charge in [-0.2, -0.15) is 4.98 Å². The van der Waals surface area contributed by atoms with E-state index in [2.05, 4.69) is 15.3 Å². The largest absolute Gasteiger partial charge is 0.384 e. The van der Waals surface area contributed by atoms with Gasteiger partial charge in [-0.3, -0.25) is 4.79 Å². The molecule has 0 aliphatic carbocycles. The van der Waals surface area contributed by atoms with Crippen LogP contribution < -0.4 is 16.8 Å². The van der Waals surface area contributed by atoms with Gasteiger partial charge in [0.15, 0.2) is 0 Å². The number of benzene rings is 1. The summed E-state index contributed by atoms with van der Waals surface area (Å²) >= 11 is 0. The van der Waals surface area contributed by atoms with E-state index in [4.69, 9.17) is 16.2 Å². The van der Waals surface area contributed by atoms with Crippen molar-refractivity contribution >= 4 is 17.7 Å². The van der Waals surface area contributed by atoms with Crippen LogP contribution in [0, 0.1) is 0 Å². The van der Waals surface area contributed by atoms with Crippen molar-refractivity contribution in [2.45, 2.75) is 13.0 Å². The minimum absolute atomic E-state index is 0.0773. The predicted octanol–water partition coefficient (Wildman–Crippen LogP) is 1.07. The molecule has 1 aromatic carbocycles. The molecule has 0 unspecified atom stereocenters. The molecule has 1 aromatic heterocycles. The van der Waals surface area contributed by atoms with Gasteiger partial charge in [-0.1, -0.05) is 12.1 Å². The molecule has 7 heteroatoms. The van der Waals surface area contributed by atoms with Gasteiger partial charge in [0.1, 0.15) is 5.82 Å². The van der Waals surface area contributed by atoms with Crippen LogP contribution in [-0.2, 0) is 4.74 Å². The Bertz CT molecular complexity index is 654. The number of nitrogens with zero attached hydrogens (tertiary/aromatic N) is 2. The van der Waals surface area contributed by atoms with Crippen LogP contribution in [0.25, 0.3) is 11.3 Å². The van der Waals surface area contributed by atoms with E-state index >= 15 is 0 Å². The van der Waals surface area contributed by atoms with Gasteiger partial charge in [0.05, 0.1) is 12.3 Å². The Kier molecular flexibility index (Phi) is 4.90. The van der Waals surface area contributed by atoms with Gasteiger partial charge in [-0.15, -0.1) is 0 Å². The first-order valence-electron chi connectivity index (χ1n) is 6.80. The van der Waals surface area contributed by atoms with Crippen LogP contribution in [-0.4, -0.2) is 35.6 Å². The SMILES string of the molecule is COC[C@H](C)NC(=O)c1cccc(-c2cc(N)nc(N)n2)c1. The minimum atomic E-state index is -0.179. The van der Waals surface area contributed by atoms with Gasteiger partial charge in [-0.25, -0.2) is 4.98 Å². The molecule has 5 N–H and O–H groups in total. The summed E-state index contributed by atoms with van der Waals surface area (Å²) in [7, 11) is 1.59. The fourth-order valence-electron chi connectivity index (χ4n) is 2.05. The van der Waals surface area contributed by atoms with E-state index in [9.17, 15) is 4.79 Å². The van der Waals surface area contributed by atoms with E-state index in [1.165, 1.54) is 0 Å². The molecule has 0 fully saturated rings. The molecule has 2 aromatic rings. The quantitative estimate of drug-likeness (QED) is 0.760. The third kappa shape index (κ3) is 3.92. The van der Waals surface area contributed by atoms with Gasteiger partial charge in [-0.05, 0) is 19.1 Å². The van der Waals surface area contributed by atoms with Gasteiger partial charge in [0, 0.05) is 30.3 Å². The third-order valence-electron chi connectivity index (χ3n) is 2.98. The second kappa shape index (κ2) is 6.86. The first kappa shape index (κ1) is 15.7. The molecule has 22 heavy (non-hydrogen) atoms. The number of hydrogen-bond donors (Lipinski definition) is 3. The van der Waals surface area contributed by atoms with Crippen LogP contribution in [0.5, 0.6) is 0 Å². The number of aromatic nitrogens is 2. The lowest BCUT2D eigenvalue weighted by Gasteiger charge is -2.13. The monoisotopic (exact) mass is 301 g/mol. The van der Waals surface area contributed by atoms with Crippen molar-refractivity contribution in [3.05, 3.63) is 35.9 Å². The van der Waals surface area contributed by atoms with Crippen molar-refractivity contribution in [3.8, 4) is 11.3 Å². The van der Waals surface area contributed by atoms with Crippen molar-refractivity contribution in [2.75, 3.05) is 25.2 Å². The summed E-state index contributed by atoms with van der Waals surface area (Å²) in [4.78, 5) is 20.2. The van der Waals surface area contributed by atoms with Crippen molar-refractivity contribution in [3.63, 3.8) is 0 Å². The zero-order chi connectivity index (χ0) is 16.1. The van der Waals surface area contributed by atoms with Crippen LogP contribution in [0.1, 0.15) is 17.3 Å². The van der Waals surface area contributed by atoms with Crippen molar-refractivity contribution in [1.29, 1.82) is 0 Å². The Balaban J connectivity index is 2.24. The summed E-state index contributed by atoms with van der Waals surface area (Å²) in [6.07, 6.45) is 0. The van der Waals surface area contributed by atoms with Gasteiger partial charge in [0.2, 0.25) is 5.95 Å². The average molecular weight is 301 g/mol. The predicted molar refractivity (Wildman–Crippen MR) is 85.1 cm³/mol. The van der Waals surface area contributed by atoms with E-state index in [0.29, 0.717) is 17.9 Å². The number of nitrogens with two attached hydrogens (primary N) is 2. The maximum Gasteiger partial charge on any atom is 0.251 e. The maximum absolute atomic E-state index is 12.2. The number of hydrogen-bond acceptors (Lipinski definition) is 6. The Morgan fingerprint density at radius 3 is 2.77 bits per heavy atom. The highest BCUT2D eigenvalue weighted by atomic mass is 16.5. The zero-order valence-electron chi connectivity index (χ0n) is 12.5. The van der Waals surface area contributed by atoms with Crippen LogP contribution >= 0.6 is 0 Å². The van der Waals surface area contributed by atoms with Gasteiger partial charge >= 0.3 is 0 Å². The first-order valence-corrected chi connectivity index (χ1v) is 6.80.